The molecule has 16 heavy (non-hydrogen) atoms. The van der Waals surface area contributed by atoms with E-state index in [4.69, 9.17) is 5.11 Å². The largest absolute Gasteiger partial charge is 0.480 e. The molecule has 0 aliphatic carbocycles. The van der Waals surface area contributed by atoms with Crippen LogP contribution in [0.25, 0.3) is 0 Å². The Bertz CT molecular complexity index is 252. The average Bonchev–Trinajstić information content (AvgIpc) is 2.12. The normalized spacial score (nSPS) is 11.2. The number of rotatable bonds is 6. The summed E-state index contributed by atoms with van der Waals surface area (Å²) in [5.41, 5.74) is 0. The molecular weight excluding hydrogens is 208 g/mol. The molecule has 0 aliphatic rings. The highest BCUT2D eigenvalue weighted by Crippen LogP contribution is 2.02. The van der Waals surface area contributed by atoms with Crippen molar-refractivity contribution in [2.24, 2.45) is 0 Å². The molecule has 0 heterocycles. The molecule has 0 unspecified atom stereocenters. The second kappa shape index (κ2) is 6.48. The Hall–Kier alpha value is -1.10. The predicted octanol–water partition coefficient (Wildman–Crippen LogP) is 0.648. The van der Waals surface area contributed by atoms with E-state index in [2.05, 4.69) is 0 Å². The van der Waals surface area contributed by atoms with Gasteiger partial charge in [0.2, 0.25) is 5.91 Å². The van der Waals surface area contributed by atoms with Gasteiger partial charge in [-0.2, -0.15) is 0 Å². The first-order valence-electron chi connectivity index (χ1n) is 5.47. The topological polar surface area (TPSA) is 60.9 Å². The van der Waals surface area contributed by atoms with Crippen molar-refractivity contribution in [3.8, 4) is 0 Å². The second-order valence-electron chi connectivity index (χ2n) is 4.52. The lowest BCUT2D eigenvalue weighted by Gasteiger charge is -2.28. The Morgan fingerprint density at radius 3 is 1.88 bits per heavy atom. The molecule has 0 aromatic rings. The van der Waals surface area contributed by atoms with Crippen molar-refractivity contribution in [1.82, 2.24) is 9.80 Å². The summed E-state index contributed by atoms with van der Waals surface area (Å²) in [6, 6.07) is 0.173. The van der Waals surface area contributed by atoms with Gasteiger partial charge in [-0.25, -0.2) is 0 Å². The summed E-state index contributed by atoms with van der Waals surface area (Å²) in [7, 11) is 1.85. The Labute approximate surface area is 97.0 Å². The number of carboxylic acids is 1. The van der Waals surface area contributed by atoms with Crippen molar-refractivity contribution < 1.29 is 14.7 Å². The number of likely N-dealkylation sites (N-methyl/N-ethyl adjacent to an activating group) is 1. The molecule has 0 saturated carbocycles. The Morgan fingerprint density at radius 1 is 1.06 bits per heavy atom. The molecule has 0 atom stereocenters. The fraction of sp³-hybridized carbons (Fsp3) is 0.818. The van der Waals surface area contributed by atoms with Crippen LogP contribution in [0.2, 0.25) is 0 Å². The summed E-state index contributed by atoms with van der Waals surface area (Å²) in [4.78, 5) is 25.8. The minimum atomic E-state index is -0.978. The maximum atomic E-state index is 11.9. The van der Waals surface area contributed by atoms with Crippen molar-refractivity contribution in [3.63, 3.8) is 0 Å². The zero-order valence-corrected chi connectivity index (χ0v) is 10.7. The van der Waals surface area contributed by atoms with Crippen molar-refractivity contribution in [1.29, 1.82) is 0 Å². The maximum Gasteiger partial charge on any atom is 0.323 e. The van der Waals surface area contributed by atoms with Crippen LogP contribution in [-0.2, 0) is 9.59 Å². The molecule has 0 radical (unpaired) electrons. The smallest absolute Gasteiger partial charge is 0.323 e. The van der Waals surface area contributed by atoms with Gasteiger partial charge in [-0.1, -0.05) is 0 Å². The molecule has 0 aliphatic heterocycles. The first-order valence-corrected chi connectivity index (χ1v) is 5.47. The highest BCUT2D eigenvalue weighted by atomic mass is 16.4. The van der Waals surface area contributed by atoms with E-state index >= 15 is 0 Å². The average molecular weight is 230 g/mol. The molecule has 1 amide bonds. The van der Waals surface area contributed by atoms with Crippen LogP contribution in [0.15, 0.2) is 0 Å². The van der Waals surface area contributed by atoms with Crippen LogP contribution in [0.5, 0.6) is 0 Å². The van der Waals surface area contributed by atoms with E-state index in [0.717, 1.165) is 0 Å². The first-order chi connectivity index (χ1) is 7.25. The zero-order chi connectivity index (χ0) is 12.9. The summed E-state index contributed by atoms with van der Waals surface area (Å²) in [6.45, 7) is 7.63. The molecule has 0 fully saturated rings. The lowest BCUT2D eigenvalue weighted by Crippen LogP contribution is -2.46. The van der Waals surface area contributed by atoms with Crippen LogP contribution in [0.3, 0.4) is 0 Å². The van der Waals surface area contributed by atoms with Crippen LogP contribution in [-0.4, -0.2) is 59.0 Å². The third-order valence-corrected chi connectivity index (χ3v) is 2.52. The van der Waals surface area contributed by atoms with Gasteiger partial charge in [0, 0.05) is 12.1 Å². The molecule has 1 N–H and O–H groups in total. The van der Waals surface area contributed by atoms with E-state index in [1.807, 2.05) is 39.6 Å². The van der Waals surface area contributed by atoms with Gasteiger partial charge in [-0.05, 0) is 34.7 Å². The molecule has 5 nitrogen and oxygen atoms in total. The first kappa shape index (κ1) is 14.9. The van der Waals surface area contributed by atoms with Crippen LogP contribution in [0.4, 0.5) is 0 Å². The number of carboxylic acid groups (broad SMARTS) is 1. The van der Waals surface area contributed by atoms with Crippen LogP contribution in [0.1, 0.15) is 27.7 Å². The van der Waals surface area contributed by atoms with E-state index in [-0.39, 0.29) is 31.1 Å². The van der Waals surface area contributed by atoms with E-state index in [0.29, 0.717) is 0 Å². The summed E-state index contributed by atoms with van der Waals surface area (Å²) in [5, 5.41) is 8.72. The molecule has 0 spiro atoms. The molecule has 0 aromatic carbocycles. The van der Waals surface area contributed by atoms with Gasteiger partial charge in [0.15, 0.2) is 0 Å². The van der Waals surface area contributed by atoms with Gasteiger partial charge >= 0.3 is 5.97 Å². The van der Waals surface area contributed by atoms with E-state index < -0.39 is 5.97 Å². The summed E-state index contributed by atoms with van der Waals surface area (Å²) < 4.78 is 0. The molecule has 0 bridgehead atoms. The highest BCUT2D eigenvalue weighted by molar-refractivity contribution is 5.83. The van der Waals surface area contributed by atoms with E-state index in [9.17, 15) is 9.59 Å². The van der Waals surface area contributed by atoms with Gasteiger partial charge in [0.05, 0.1) is 6.54 Å². The SMILES string of the molecule is CC(C)N(C)CC(=O)N(CC(=O)O)C(C)C. The monoisotopic (exact) mass is 230 g/mol. The number of carbonyl (C=O) groups is 2. The van der Waals surface area contributed by atoms with Gasteiger partial charge < -0.3 is 10.0 Å². The Morgan fingerprint density at radius 2 is 1.56 bits per heavy atom. The lowest BCUT2D eigenvalue weighted by molar-refractivity contribution is -0.146. The fourth-order valence-corrected chi connectivity index (χ4v) is 1.19. The molecular formula is C11H22N2O3. The fourth-order valence-electron chi connectivity index (χ4n) is 1.19. The standard InChI is InChI=1S/C11H22N2O3/c1-8(2)12(5)6-10(14)13(9(3)4)7-11(15)16/h8-9H,6-7H2,1-5H3,(H,15,16). The van der Waals surface area contributed by atoms with Gasteiger partial charge in [-0.3, -0.25) is 14.5 Å². The van der Waals surface area contributed by atoms with E-state index in [1.165, 1.54) is 4.90 Å². The van der Waals surface area contributed by atoms with Crippen LogP contribution in [0, 0.1) is 0 Å². The minimum absolute atomic E-state index is 0.0934. The molecule has 0 aromatic heterocycles. The number of hydrogen-bond acceptors (Lipinski definition) is 3. The third-order valence-electron chi connectivity index (χ3n) is 2.52. The van der Waals surface area contributed by atoms with Crippen molar-refractivity contribution in [2.75, 3.05) is 20.1 Å². The van der Waals surface area contributed by atoms with Gasteiger partial charge in [-0.15, -0.1) is 0 Å². The summed E-state index contributed by atoms with van der Waals surface area (Å²) >= 11 is 0. The van der Waals surface area contributed by atoms with Gasteiger partial charge in [0.1, 0.15) is 6.54 Å². The number of carbonyl (C=O) groups excluding carboxylic acids is 1. The third kappa shape index (κ3) is 5.11. The summed E-state index contributed by atoms with van der Waals surface area (Å²) in [6.07, 6.45) is 0. The Kier molecular flexibility index (Phi) is 6.03. The van der Waals surface area contributed by atoms with Crippen molar-refractivity contribution >= 4 is 11.9 Å². The second-order valence-corrected chi connectivity index (χ2v) is 4.52. The number of hydrogen-bond donors (Lipinski definition) is 1. The maximum absolute atomic E-state index is 11.9. The number of amides is 1. The van der Waals surface area contributed by atoms with Crippen LogP contribution < -0.4 is 0 Å². The van der Waals surface area contributed by atoms with Crippen LogP contribution >= 0.6 is 0 Å². The molecule has 5 heteroatoms. The van der Waals surface area contributed by atoms with Gasteiger partial charge in [0.25, 0.3) is 0 Å². The van der Waals surface area contributed by atoms with E-state index in [1.54, 1.807) is 0 Å². The minimum Gasteiger partial charge on any atom is -0.480 e. The summed E-state index contributed by atoms with van der Waals surface area (Å²) in [5.74, 6) is -1.12. The quantitative estimate of drug-likeness (QED) is 0.727. The van der Waals surface area contributed by atoms with Crippen molar-refractivity contribution in [3.05, 3.63) is 0 Å². The number of nitrogens with zero attached hydrogens (tertiary/aromatic N) is 2. The molecule has 94 valence electrons. The zero-order valence-electron chi connectivity index (χ0n) is 10.7. The Balaban J connectivity index is 4.45. The molecule has 0 rings (SSSR count). The lowest BCUT2D eigenvalue weighted by atomic mass is 10.2. The predicted molar refractivity (Wildman–Crippen MR) is 62.3 cm³/mol. The number of aliphatic carboxylic acids is 1. The van der Waals surface area contributed by atoms with Crippen molar-refractivity contribution in [2.45, 2.75) is 39.8 Å². The molecule has 0 saturated heterocycles. The highest BCUT2D eigenvalue weighted by Gasteiger charge is 2.21.